The highest BCUT2D eigenvalue weighted by atomic mass is 16.3. The molecule has 90 valence electrons. The molecule has 2 heteroatoms. The number of hydrogen-bond acceptors (Lipinski definition) is 2. The van der Waals surface area contributed by atoms with Gasteiger partial charge in [0.05, 0.1) is 6.54 Å². The molecule has 1 heterocycles. The minimum atomic E-state index is 0.727. The Morgan fingerprint density at radius 1 is 1.24 bits per heavy atom. The molecule has 1 aromatic carbocycles. The van der Waals surface area contributed by atoms with Gasteiger partial charge in [-0.3, -0.25) is 0 Å². The highest BCUT2D eigenvalue weighted by Gasteiger charge is 2.21. The van der Waals surface area contributed by atoms with E-state index in [-0.39, 0.29) is 0 Å². The standard InChI is InChI=1S/C15H19NO/c1-9-6-10(2)15-13(7-9)11(3)14(17-15)8-16-12-4-5-12/h6-7,12,16H,4-5,8H2,1-3H3. The first-order chi connectivity index (χ1) is 8.15. The van der Waals surface area contributed by atoms with Crippen LogP contribution in [0.5, 0.6) is 0 Å². The second kappa shape index (κ2) is 3.88. The van der Waals surface area contributed by atoms with Gasteiger partial charge in [-0.15, -0.1) is 0 Å². The molecule has 1 aromatic heterocycles. The largest absolute Gasteiger partial charge is 0.459 e. The van der Waals surface area contributed by atoms with E-state index >= 15 is 0 Å². The smallest absolute Gasteiger partial charge is 0.137 e. The molecule has 1 N–H and O–H groups in total. The Balaban J connectivity index is 2.01. The Bertz CT molecular complexity index is 564. The third kappa shape index (κ3) is 1.98. The van der Waals surface area contributed by atoms with E-state index in [0.717, 1.165) is 23.9 Å². The molecule has 0 bridgehead atoms. The van der Waals surface area contributed by atoms with Gasteiger partial charge in [-0.1, -0.05) is 6.07 Å². The van der Waals surface area contributed by atoms with Crippen LogP contribution in [0.15, 0.2) is 16.5 Å². The number of fused-ring (bicyclic) bond motifs is 1. The van der Waals surface area contributed by atoms with Gasteiger partial charge in [0.1, 0.15) is 11.3 Å². The first kappa shape index (κ1) is 10.8. The lowest BCUT2D eigenvalue weighted by molar-refractivity contribution is 0.508. The Morgan fingerprint density at radius 2 is 2.00 bits per heavy atom. The summed E-state index contributed by atoms with van der Waals surface area (Å²) in [6.45, 7) is 7.29. The van der Waals surface area contributed by atoms with Gasteiger partial charge in [-0.25, -0.2) is 0 Å². The van der Waals surface area contributed by atoms with Crippen LogP contribution >= 0.6 is 0 Å². The fraction of sp³-hybridized carbons (Fsp3) is 0.467. The molecular formula is C15H19NO. The molecule has 0 aliphatic heterocycles. The minimum absolute atomic E-state index is 0.727. The number of nitrogens with one attached hydrogen (secondary N) is 1. The monoisotopic (exact) mass is 229 g/mol. The highest BCUT2D eigenvalue weighted by molar-refractivity contribution is 5.85. The second-order valence-electron chi connectivity index (χ2n) is 5.26. The molecule has 2 nitrogen and oxygen atoms in total. The van der Waals surface area contributed by atoms with E-state index < -0.39 is 0 Å². The lowest BCUT2D eigenvalue weighted by atomic mass is 10.1. The van der Waals surface area contributed by atoms with Gasteiger partial charge in [-0.05, 0) is 56.4 Å². The molecule has 1 aliphatic rings. The van der Waals surface area contributed by atoms with Crippen molar-refractivity contribution in [2.75, 3.05) is 0 Å². The van der Waals surface area contributed by atoms with Gasteiger partial charge in [0.15, 0.2) is 0 Å². The van der Waals surface area contributed by atoms with Crippen LogP contribution in [0.3, 0.4) is 0 Å². The van der Waals surface area contributed by atoms with E-state index in [1.807, 2.05) is 0 Å². The zero-order valence-electron chi connectivity index (χ0n) is 10.8. The second-order valence-corrected chi connectivity index (χ2v) is 5.26. The van der Waals surface area contributed by atoms with Crippen molar-refractivity contribution in [2.24, 2.45) is 0 Å². The van der Waals surface area contributed by atoms with Crippen molar-refractivity contribution in [1.82, 2.24) is 5.32 Å². The number of rotatable bonds is 3. The Hall–Kier alpha value is -1.28. The maximum atomic E-state index is 6.00. The van der Waals surface area contributed by atoms with Gasteiger partial charge in [0, 0.05) is 11.4 Å². The lowest BCUT2D eigenvalue weighted by Crippen LogP contribution is -2.15. The molecule has 1 aliphatic carbocycles. The molecule has 0 saturated heterocycles. The van der Waals surface area contributed by atoms with Crippen LogP contribution in [0, 0.1) is 20.8 Å². The fourth-order valence-electron chi connectivity index (χ4n) is 2.41. The summed E-state index contributed by atoms with van der Waals surface area (Å²) in [4.78, 5) is 0. The van der Waals surface area contributed by atoms with Crippen molar-refractivity contribution < 1.29 is 4.42 Å². The molecule has 3 rings (SSSR count). The molecule has 0 amide bonds. The third-order valence-electron chi connectivity index (χ3n) is 3.60. The summed E-state index contributed by atoms with van der Waals surface area (Å²) in [6.07, 6.45) is 2.63. The number of hydrogen-bond donors (Lipinski definition) is 1. The van der Waals surface area contributed by atoms with Crippen molar-refractivity contribution in [2.45, 2.75) is 46.2 Å². The number of furan rings is 1. The first-order valence-electron chi connectivity index (χ1n) is 6.38. The summed E-state index contributed by atoms with van der Waals surface area (Å²) in [5.41, 5.74) is 4.89. The van der Waals surface area contributed by atoms with E-state index in [1.165, 1.54) is 34.9 Å². The number of benzene rings is 1. The summed E-state index contributed by atoms with van der Waals surface area (Å²) >= 11 is 0. The van der Waals surface area contributed by atoms with Crippen molar-refractivity contribution >= 4 is 11.0 Å². The quantitative estimate of drug-likeness (QED) is 0.869. The summed E-state index contributed by atoms with van der Waals surface area (Å²) in [7, 11) is 0. The third-order valence-corrected chi connectivity index (χ3v) is 3.60. The van der Waals surface area contributed by atoms with Crippen molar-refractivity contribution in [3.63, 3.8) is 0 Å². The Morgan fingerprint density at radius 3 is 2.71 bits per heavy atom. The van der Waals surface area contributed by atoms with E-state index in [0.29, 0.717) is 0 Å². The van der Waals surface area contributed by atoms with Gasteiger partial charge < -0.3 is 9.73 Å². The van der Waals surface area contributed by atoms with Gasteiger partial charge in [0.2, 0.25) is 0 Å². The number of aryl methyl sites for hydroxylation is 3. The lowest BCUT2D eigenvalue weighted by Gasteiger charge is -1.99. The topological polar surface area (TPSA) is 25.2 Å². The average Bonchev–Trinajstić information content (AvgIpc) is 3.04. The zero-order valence-corrected chi connectivity index (χ0v) is 10.8. The molecule has 0 radical (unpaired) electrons. The Kier molecular flexibility index (Phi) is 2.48. The van der Waals surface area contributed by atoms with E-state index in [2.05, 4.69) is 38.2 Å². The van der Waals surface area contributed by atoms with Gasteiger partial charge in [0.25, 0.3) is 0 Å². The molecule has 1 saturated carbocycles. The summed E-state index contributed by atoms with van der Waals surface area (Å²) in [6, 6.07) is 5.14. The SMILES string of the molecule is Cc1cc(C)c2oc(CNC3CC3)c(C)c2c1. The van der Waals surface area contributed by atoms with Crippen molar-refractivity contribution in [3.8, 4) is 0 Å². The maximum Gasteiger partial charge on any atom is 0.137 e. The van der Waals surface area contributed by atoms with Crippen LogP contribution < -0.4 is 5.32 Å². The first-order valence-corrected chi connectivity index (χ1v) is 6.38. The molecule has 1 fully saturated rings. The van der Waals surface area contributed by atoms with Gasteiger partial charge >= 0.3 is 0 Å². The molecule has 0 unspecified atom stereocenters. The average molecular weight is 229 g/mol. The molecule has 2 aromatic rings. The van der Waals surface area contributed by atoms with Crippen LogP contribution in [0.1, 0.15) is 35.3 Å². The van der Waals surface area contributed by atoms with Crippen molar-refractivity contribution in [3.05, 3.63) is 34.6 Å². The predicted molar refractivity (Wildman–Crippen MR) is 70.3 cm³/mol. The van der Waals surface area contributed by atoms with E-state index in [4.69, 9.17) is 4.42 Å². The molecular weight excluding hydrogens is 210 g/mol. The fourth-order valence-corrected chi connectivity index (χ4v) is 2.41. The predicted octanol–water partition coefficient (Wildman–Crippen LogP) is 3.61. The van der Waals surface area contributed by atoms with Crippen LogP contribution in [0.2, 0.25) is 0 Å². The van der Waals surface area contributed by atoms with Crippen LogP contribution in [-0.2, 0) is 6.54 Å². The molecule has 17 heavy (non-hydrogen) atoms. The van der Waals surface area contributed by atoms with Crippen LogP contribution in [-0.4, -0.2) is 6.04 Å². The van der Waals surface area contributed by atoms with Crippen molar-refractivity contribution in [1.29, 1.82) is 0 Å². The summed E-state index contributed by atoms with van der Waals surface area (Å²) in [5.74, 6) is 1.10. The molecule has 0 atom stereocenters. The highest BCUT2D eigenvalue weighted by Crippen LogP contribution is 2.29. The summed E-state index contributed by atoms with van der Waals surface area (Å²) in [5, 5.41) is 4.79. The maximum absolute atomic E-state index is 6.00. The Labute approximate surface area is 102 Å². The van der Waals surface area contributed by atoms with E-state index in [1.54, 1.807) is 0 Å². The normalized spacial score (nSPS) is 15.7. The summed E-state index contributed by atoms with van der Waals surface area (Å²) < 4.78 is 6.00. The van der Waals surface area contributed by atoms with Crippen LogP contribution in [0.25, 0.3) is 11.0 Å². The molecule has 0 spiro atoms. The minimum Gasteiger partial charge on any atom is -0.459 e. The van der Waals surface area contributed by atoms with Crippen LogP contribution in [0.4, 0.5) is 0 Å². The van der Waals surface area contributed by atoms with Gasteiger partial charge in [-0.2, -0.15) is 0 Å². The van der Waals surface area contributed by atoms with E-state index in [9.17, 15) is 0 Å². The zero-order chi connectivity index (χ0) is 12.0.